The SMILES string of the molecule is CCSCCCN(C)CCC(C)O. The van der Waals surface area contributed by atoms with Crippen LogP contribution in [0.1, 0.15) is 26.7 Å². The second-order valence-electron chi connectivity index (χ2n) is 3.49. The number of aliphatic hydroxyl groups is 1. The average Bonchev–Trinajstić information content (AvgIpc) is 2.09. The normalized spacial score (nSPS) is 13.6. The van der Waals surface area contributed by atoms with Crippen molar-refractivity contribution >= 4 is 11.8 Å². The molecule has 0 aromatic heterocycles. The van der Waals surface area contributed by atoms with Gasteiger partial charge >= 0.3 is 0 Å². The minimum Gasteiger partial charge on any atom is -0.393 e. The first-order chi connectivity index (χ1) is 6.16. The number of hydrogen-bond acceptors (Lipinski definition) is 3. The number of rotatable bonds is 8. The first kappa shape index (κ1) is 13.3. The Kier molecular flexibility index (Phi) is 9.03. The lowest BCUT2D eigenvalue weighted by Gasteiger charge is -2.16. The van der Waals surface area contributed by atoms with Gasteiger partial charge in [-0.1, -0.05) is 6.92 Å². The van der Waals surface area contributed by atoms with Gasteiger partial charge in [-0.15, -0.1) is 0 Å². The van der Waals surface area contributed by atoms with E-state index in [1.807, 2.05) is 18.7 Å². The van der Waals surface area contributed by atoms with Crippen LogP contribution in [0.25, 0.3) is 0 Å². The molecule has 0 rings (SSSR count). The zero-order valence-corrected chi connectivity index (χ0v) is 9.94. The molecule has 0 aliphatic heterocycles. The van der Waals surface area contributed by atoms with E-state index in [0.29, 0.717) is 0 Å². The van der Waals surface area contributed by atoms with Crippen LogP contribution >= 0.6 is 11.8 Å². The molecular formula is C10H23NOS. The maximum atomic E-state index is 9.08. The van der Waals surface area contributed by atoms with Gasteiger partial charge in [-0.05, 0) is 44.9 Å². The van der Waals surface area contributed by atoms with E-state index < -0.39 is 0 Å². The van der Waals surface area contributed by atoms with E-state index in [-0.39, 0.29) is 6.10 Å². The van der Waals surface area contributed by atoms with Crippen LogP contribution in [0.15, 0.2) is 0 Å². The monoisotopic (exact) mass is 205 g/mol. The van der Waals surface area contributed by atoms with E-state index in [1.54, 1.807) is 0 Å². The van der Waals surface area contributed by atoms with Crippen molar-refractivity contribution in [3.63, 3.8) is 0 Å². The molecule has 0 aliphatic rings. The van der Waals surface area contributed by atoms with Gasteiger partial charge in [0.05, 0.1) is 6.10 Å². The minimum absolute atomic E-state index is 0.160. The van der Waals surface area contributed by atoms with Gasteiger partial charge in [-0.3, -0.25) is 0 Å². The van der Waals surface area contributed by atoms with Crippen molar-refractivity contribution < 1.29 is 5.11 Å². The quantitative estimate of drug-likeness (QED) is 0.612. The third kappa shape index (κ3) is 10.2. The Hall–Kier alpha value is 0.270. The molecule has 2 nitrogen and oxygen atoms in total. The summed E-state index contributed by atoms with van der Waals surface area (Å²) in [6.07, 6.45) is 1.99. The van der Waals surface area contributed by atoms with Gasteiger partial charge < -0.3 is 10.0 Å². The Morgan fingerprint density at radius 3 is 2.62 bits per heavy atom. The lowest BCUT2D eigenvalue weighted by Crippen LogP contribution is -2.23. The maximum Gasteiger partial charge on any atom is 0.0524 e. The third-order valence-corrected chi connectivity index (χ3v) is 2.95. The summed E-state index contributed by atoms with van der Waals surface area (Å²) >= 11 is 2.00. The molecule has 0 radical (unpaired) electrons. The minimum atomic E-state index is -0.160. The van der Waals surface area contributed by atoms with E-state index in [2.05, 4.69) is 18.9 Å². The van der Waals surface area contributed by atoms with Crippen molar-refractivity contribution in [3.8, 4) is 0 Å². The molecule has 1 unspecified atom stereocenters. The summed E-state index contributed by atoms with van der Waals surface area (Å²) < 4.78 is 0. The summed E-state index contributed by atoms with van der Waals surface area (Å²) in [7, 11) is 2.12. The summed E-state index contributed by atoms with van der Waals surface area (Å²) in [5.74, 6) is 2.48. The van der Waals surface area contributed by atoms with Crippen LogP contribution in [-0.2, 0) is 0 Å². The van der Waals surface area contributed by atoms with Crippen molar-refractivity contribution in [2.45, 2.75) is 32.8 Å². The Bertz CT molecular complexity index is 109. The largest absolute Gasteiger partial charge is 0.393 e. The average molecular weight is 205 g/mol. The summed E-state index contributed by atoms with van der Waals surface area (Å²) in [5, 5.41) is 9.08. The number of hydrogen-bond donors (Lipinski definition) is 1. The molecule has 3 heteroatoms. The van der Waals surface area contributed by atoms with Gasteiger partial charge in [0.1, 0.15) is 0 Å². The Balaban J connectivity index is 3.15. The molecule has 13 heavy (non-hydrogen) atoms. The van der Waals surface area contributed by atoms with E-state index in [1.165, 1.54) is 17.9 Å². The Morgan fingerprint density at radius 2 is 2.08 bits per heavy atom. The highest BCUT2D eigenvalue weighted by atomic mass is 32.2. The lowest BCUT2D eigenvalue weighted by molar-refractivity contribution is 0.164. The fraction of sp³-hybridized carbons (Fsp3) is 1.00. The molecule has 0 fully saturated rings. The van der Waals surface area contributed by atoms with Gasteiger partial charge in [0, 0.05) is 6.54 Å². The second kappa shape index (κ2) is 8.85. The van der Waals surface area contributed by atoms with Crippen molar-refractivity contribution in [2.75, 3.05) is 31.6 Å². The second-order valence-corrected chi connectivity index (χ2v) is 4.89. The molecule has 0 aliphatic carbocycles. The molecule has 0 saturated carbocycles. The fourth-order valence-corrected chi connectivity index (χ4v) is 1.72. The number of aliphatic hydroxyl groups excluding tert-OH is 1. The van der Waals surface area contributed by atoms with Gasteiger partial charge in [0.15, 0.2) is 0 Å². The Morgan fingerprint density at radius 1 is 1.38 bits per heavy atom. The number of thioether (sulfide) groups is 1. The van der Waals surface area contributed by atoms with E-state index >= 15 is 0 Å². The van der Waals surface area contributed by atoms with Crippen LogP contribution in [0, 0.1) is 0 Å². The molecule has 80 valence electrons. The van der Waals surface area contributed by atoms with Crippen LogP contribution in [0.5, 0.6) is 0 Å². The van der Waals surface area contributed by atoms with Gasteiger partial charge in [-0.2, -0.15) is 11.8 Å². The fourth-order valence-electron chi connectivity index (χ4n) is 1.10. The van der Waals surface area contributed by atoms with Crippen LogP contribution in [0.4, 0.5) is 0 Å². The smallest absolute Gasteiger partial charge is 0.0524 e. The van der Waals surface area contributed by atoms with E-state index in [9.17, 15) is 0 Å². The standard InChI is InChI=1S/C10H23NOS/c1-4-13-9-5-7-11(3)8-6-10(2)12/h10,12H,4-9H2,1-3H3. The molecular weight excluding hydrogens is 182 g/mol. The summed E-state index contributed by atoms with van der Waals surface area (Å²) in [6.45, 7) is 6.21. The molecule has 1 atom stereocenters. The highest BCUT2D eigenvalue weighted by Gasteiger charge is 2.00. The first-order valence-electron chi connectivity index (χ1n) is 5.11. The highest BCUT2D eigenvalue weighted by Crippen LogP contribution is 2.02. The summed E-state index contributed by atoms with van der Waals surface area (Å²) in [4.78, 5) is 2.29. The van der Waals surface area contributed by atoms with E-state index in [0.717, 1.165) is 19.5 Å². The maximum absolute atomic E-state index is 9.08. The predicted molar refractivity (Wildman–Crippen MR) is 61.4 cm³/mol. The topological polar surface area (TPSA) is 23.5 Å². The first-order valence-corrected chi connectivity index (χ1v) is 6.26. The predicted octanol–water partition coefficient (Wildman–Crippen LogP) is 1.83. The zero-order valence-electron chi connectivity index (χ0n) is 9.12. The van der Waals surface area contributed by atoms with Crippen molar-refractivity contribution in [1.82, 2.24) is 4.90 Å². The molecule has 0 amide bonds. The van der Waals surface area contributed by atoms with Crippen molar-refractivity contribution in [1.29, 1.82) is 0 Å². The van der Waals surface area contributed by atoms with Crippen molar-refractivity contribution in [3.05, 3.63) is 0 Å². The van der Waals surface area contributed by atoms with Gasteiger partial charge in [0.2, 0.25) is 0 Å². The summed E-state index contributed by atoms with van der Waals surface area (Å²) in [6, 6.07) is 0. The van der Waals surface area contributed by atoms with Crippen LogP contribution in [0.3, 0.4) is 0 Å². The lowest BCUT2D eigenvalue weighted by atomic mass is 10.3. The molecule has 0 bridgehead atoms. The third-order valence-electron chi connectivity index (χ3n) is 1.96. The van der Waals surface area contributed by atoms with Gasteiger partial charge in [0.25, 0.3) is 0 Å². The Labute approximate surface area is 86.7 Å². The van der Waals surface area contributed by atoms with Crippen LogP contribution in [0.2, 0.25) is 0 Å². The van der Waals surface area contributed by atoms with E-state index in [4.69, 9.17) is 5.11 Å². The molecule has 0 aromatic rings. The highest BCUT2D eigenvalue weighted by molar-refractivity contribution is 7.99. The summed E-state index contributed by atoms with van der Waals surface area (Å²) in [5.41, 5.74) is 0. The molecule has 0 spiro atoms. The molecule has 0 aromatic carbocycles. The number of nitrogens with zero attached hydrogens (tertiary/aromatic N) is 1. The van der Waals surface area contributed by atoms with Crippen LogP contribution in [-0.4, -0.2) is 47.8 Å². The zero-order chi connectivity index (χ0) is 10.1. The molecule has 1 N–H and O–H groups in total. The van der Waals surface area contributed by atoms with Crippen LogP contribution < -0.4 is 0 Å². The molecule has 0 heterocycles. The van der Waals surface area contributed by atoms with Crippen molar-refractivity contribution in [2.24, 2.45) is 0 Å². The van der Waals surface area contributed by atoms with Gasteiger partial charge in [-0.25, -0.2) is 0 Å². The molecule has 0 saturated heterocycles.